The van der Waals surface area contributed by atoms with Gasteiger partial charge in [-0.15, -0.1) is 11.8 Å². The molecule has 2 unspecified atom stereocenters. The van der Waals surface area contributed by atoms with Gasteiger partial charge < -0.3 is 14.8 Å². The summed E-state index contributed by atoms with van der Waals surface area (Å²) in [7, 11) is 0. The van der Waals surface area contributed by atoms with Crippen LogP contribution in [-0.2, 0) is 14.3 Å². The zero-order valence-corrected chi connectivity index (χ0v) is 15.0. The van der Waals surface area contributed by atoms with Crippen LogP contribution in [0.15, 0.2) is 29.2 Å². The van der Waals surface area contributed by atoms with Crippen LogP contribution >= 0.6 is 23.4 Å². The highest BCUT2D eigenvalue weighted by Gasteiger charge is 2.15. The first-order chi connectivity index (χ1) is 11.1. The summed E-state index contributed by atoms with van der Waals surface area (Å²) in [5, 5.41) is 3.51. The van der Waals surface area contributed by atoms with Gasteiger partial charge in [-0.2, -0.15) is 0 Å². The Morgan fingerprint density at radius 1 is 1.48 bits per heavy atom. The van der Waals surface area contributed by atoms with Gasteiger partial charge in [-0.05, 0) is 50.5 Å². The number of benzene rings is 1. The fourth-order valence-electron chi connectivity index (χ4n) is 2.29. The minimum absolute atomic E-state index is 0.0454. The SMILES string of the molecule is CC(Sc1ccc(Cl)cc1)C(=O)NCCCOCC1CCCO1. The maximum Gasteiger partial charge on any atom is 0.233 e. The fraction of sp³-hybridized carbons (Fsp3) is 0.588. The van der Waals surface area contributed by atoms with Crippen LogP contribution in [0.2, 0.25) is 5.02 Å². The molecule has 1 fully saturated rings. The maximum atomic E-state index is 12.0. The summed E-state index contributed by atoms with van der Waals surface area (Å²) in [4.78, 5) is 13.1. The van der Waals surface area contributed by atoms with Gasteiger partial charge in [0.25, 0.3) is 0 Å². The zero-order valence-electron chi connectivity index (χ0n) is 13.4. The Kier molecular flexibility index (Phi) is 8.23. The number of ether oxygens (including phenoxy) is 2. The maximum absolute atomic E-state index is 12.0. The average Bonchev–Trinajstić information content (AvgIpc) is 3.06. The summed E-state index contributed by atoms with van der Waals surface area (Å²) in [6, 6.07) is 7.52. The van der Waals surface area contributed by atoms with Crippen LogP contribution in [0.25, 0.3) is 0 Å². The predicted octanol–water partition coefficient (Wildman–Crippen LogP) is 3.52. The normalized spacial score (nSPS) is 18.8. The molecule has 0 aliphatic carbocycles. The van der Waals surface area contributed by atoms with Crippen LogP contribution in [0.1, 0.15) is 26.2 Å². The van der Waals surface area contributed by atoms with E-state index in [9.17, 15) is 4.79 Å². The molecule has 1 heterocycles. The minimum atomic E-state index is -0.135. The molecule has 6 heteroatoms. The lowest BCUT2D eigenvalue weighted by Crippen LogP contribution is -2.32. The monoisotopic (exact) mass is 357 g/mol. The third-order valence-corrected chi connectivity index (χ3v) is 4.95. The molecule has 0 spiro atoms. The van der Waals surface area contributed by atoms with Crippen LogP contribution in [0.5, 0.6) is 0 Å². The first kappa shape index (κ1) is 18.6. The molecule has 128 valence electrons. The van der Waals surface area contributed by atoms with Crippen molar-refractivity contribution in [2.45, 2.75) is 42.4 Å². The van der Waals surface area contributed by atoms with Gasteiger partial charge in [0, 0.05) is 29.7 Å². The van der Waals surface area contributed by atoms with Crippen LogP contribution in [0.4, 0.5) is 0 Å². The van der Waals surface area contributed by atoms with Gasteiger partial charge >= 0.3 is 0 Å². The molecule has 1 aliphatic heterocycles. The molecule has 1 aromatic rings. The van der Waals surface area contributed by atoms with Crippen molar-refractivity contribution in [1.29, 1.82) is 0 Å². The molecule has 0 bridgehead atoms. The summed E-state index contributed by atoms with van der Waals surface area (Å²) >= 11 is 7.38. The van der Waals surface area contributed by atoms with Gasteiger partial charge in [-0.25, -0.2) is 0 Å². The third-order valence-electron chi connectivity index (χ3n) is 3.59. The molecule has 0 radical (unpaired) electrons. The second kappa shape index (κ2) is 10.2. The molecule has 1 amide bonds. The first-order valence-electron chi connectivity index (χ1n) is 8.04. The van der Waals surface area contributed by atoms with Crippen LogP contribution in [-0.4, -0.2) is 43.6 Å². The number of hydrogen-bond acceptors (Lipinski definition) is 4. The highest BCUT2D eigenvalue weighted by atomic mass is 35.5. The number of carbonyl (C=O) groups excluding carboxylic acids is 1. The molecule has 2 rings (SSSR count). The van der Waals surface area contributed by atoms with E-state index in [4.69, 9.17) is 21.1 Å². The smallest absolute Gasteiger partial charge is 0.233 e. The standard InChI is InChI=1S/C17H24ClNO3S/c1-13(23-16-7-5-14(18)6-8-16)17(20)19-9-3-10-21-12-15-4-2-11-22-15/h5-8,13,15H,2-4,9-12H2,1H3,(H,19,20). The fourth-order valence-corrected chi connectivity index (χ4v) is 3.31. The van der Waals surface area contributed by atoms with Crippen LogP contribution in [0, 0.1) is 0 Å². The molecule has 0 saturated carbocycles. The summed E-state index contributed by atoms with van der Waals surface area (Å²) in [5.41, 5.74) is 0. The minimum Gasteiger partial charge on any atom is -0.379 e. The summed E-state index contributed by atoms with van der Waals surface area (Å²) < 4.78 is 11.1. The van der Waals surface area contributed by atoms with E-state index in [1.807, 2.05) is 31.2 Å². The highest BCUT2D eigenvalue weighted by molar-refractivity contribution is 8.00. The quantitative estimate of drug-likeness (QED) is 0.542. The topological polar surface area (TPSA) is 47.6 Å². The number of rotatable bonds is 9. The van der Waals surface area contributed by atoms with E-state index in [1.54, 1.807) is 0 Å². The van der Waals surface area contributed by atoms with Crippen molar-refractivity contribution >= 4 is 29.3 Å². The largest absolute Gasteiger partial charge is 0.379 e. The zero-order chi connectivity index (χ0) is 16.5. The molecule has 1 aliphatic rings. The second-order valence-electron chi connectivity index (χ2n) is 5.57. The first-order valence-corrected chi connectivity index (χ1v) is 9.30. The summed E-state index contributed by atoms with van der Waals surface area (Å²) in [6.07, 6.45) is 3.31. The Labute approximate surface area is 147 Å². The number of carbonyl (C=O) groups is 1. The highest BCUT2D eigenvalue weighted by Crippen LogP contribution is 2.24. The van der Waals surface area contributed by atoms with Crippen molar-refractivity contribution in [1.82, 2.24) is 5.32 Å². The second-order valence-corrected chi connectivity index (χ2v) is 7.42. The number of amides is 1. The molecule has 1 N–H and O–H groups in total. The number of nitrogens with one attached hydrogen (secondary N) is 1. The van der Waals surface area contributed by atoms with Gasteiger partial charge in [0.1, 0.15) is 0 Å². The van der Waals surface area contributed by atoms with E-state index in [1.165, 1.54) is 11.8 Å². The van der Waals surface area contributed by atoms with Crippen molar-refractivity contribution < 1.29 is 14.3 Å². The summed E-state index contributed by atoms with van der Waals surface area (Å²) in [6.45, 7) is 4.71. The molecular weight excluding hydrogens is 334 g/mol. The summed E-state index contributed by atoms with van der Waals surface area (Å²) in [5.74, 6) is 0.0454. The van der Waals surface area contributed by atoms with Crippen molar-refractivity contribution in [3.63, 3.8) is 0 Å². The van der Waals surface area contributed by atoms with E-state index in [-0.39, 0.29) is 17.3 Å². The van der Waals surface area contributed by atoms with E-state index in [0.717, 1.165) is 30.8 Å². The van der Waals surface area contributed by atoms with Crippen molar-refractivity contribution in [3.05, 3.63) is 29.3 Å². The molecule has 1 saturated heterocycles. The molecule has 2 atom stereocenters. The lowest BCUT2D eigenvalue weighted by Gasteiger charge is -2.13. The van der Waals surface area contributed by atoms with Crippen molar-refractivity contribution in [2.75, 3.05) is 26.4 Å². The van der Waals surface area contributed by atoms with E-state index >= 15 is 0 Å². The molecule has 1 aromatic carbocycles. The Morgan fingerprint density at radius 2 is 2.26 bits per heavy atom. The van der Waals surface area contributed by atoms with Crippen LogP contribution in [0.3, 0.4) is 0 Å². The Morgan fingerprint density at radius 3 is 2.96 bits per heavy atom. The Bertz CT molecular complexity index is 477. The van der Waals surface area contributed by atoms with Gasteiger partial charge in [0.05, 0.1) is 18.0 Å². The third kappa shape index (κ3) is 7.12. The van der Waals surface area contributed by atoms with Gasteiger partial charge in [0.15, 0.2) is 0 Å². The van der Waals surface area contributed by atoms with Crippen molar-refractivity contribution in [3.8, 4) is 0 Å². The van der Waals surface area contributed by atoms with E-state index in [2.05, 4.69) is 5.32 Å². The molecular formula is C17H24ClNO3S. The van der Waals surface area contributed by atoms with E-state index < -0.39 is 0 Å². The lowest BCUT2D eigenvalue weighted by molar-refractivity contribution is -0.120. The average molecular weight is 358 g/mol. The van der Waals surface area contributed by atoms with Gasteiger partial charge in [-0.1, -0.05) is 11.6 Å². The van der Waals surface area contributed by atoms with Crippen molar-refractivity contribution in [2.24, 2.45) is 0 Å². The van der Waals surface area contributed by atoms with Crippen LogP contribution < -0.4 is 5.32 Å². The lowest BCUT2D eigenvalue weighted by atomic mass is 10.2. The van der Waals surface area contributed by atoms with E-state index in [0.29, 0.717) is 24.8 Å². The molecule has 4 nitrogen and oxygen atoms in total. The number of halogens is 1. The predicted molar refractivity (Wildman–Crippen MR) is 94.2 cm³/mol. The Hall–Kier alpha value is -0.750. The van der Waals surface area contributed by atoms with Gasteiger partial charge in [-0.3, -0.25) is 4.79 Å². The molecule has 23 heavy (non-hydrogen) atoms. The number of thioether (sulfide) groups is 1. The number of hydrogen-bond donors (Lipinski definition) is 1. The Balaban J connectivity index is 1.54. The molecule has 0 aromatic heterocycles. The van der Waals surface area contributed by atoms with Gasteiger partial charge in [0.2, 0.25) is 5.91 Å².